The first-order valence-electron chi connectivity index (χ1n) is 8.36. The van der Waals surface area contributed by atoms with Crippen molar-refractivity contribution in [3.05, 3.63) is 12.2 Å². The van der Waals surface area contributed by atoms with E-state index >= 15 is 0 Å². The Kier molecular flexibility index (Phi) is 7.59. The molecule has 1 aliphatic heterocycles. The minimum Gasteiger partial charge on any atom is -0.377 e. The fraction of sp³-hybridized carbons (Fsp3) is 0.786. The van der Waals surface area contributed by atoms with Crippen LogP contribution in [0, 0.1) is 0 Å². The van der Waals surface area contributed by atoms with Crippen molar-refractivity contribution in [1.29, 1.82) is 0 Å². The second-order valence-corrected chi connectivity index (χ2v) is 7.73. The van der Waals surface area contributed by atoms with E-state index in [9.17, 15) is 8.42 Å². The van der Waals surface area contributed by atoms with Crippen molar-refractivity contribution in [2.24, 2.45) is 12.0 Å². The van der Waals surface area contributed by atoms with Crippen molar-refractivity contribution in [3.8, 4) is 0 Å². The normalized spacial score (nSPS) is 19.0. The summed E-state index contributed by atoms with van der Waals surface area (Å²) in [6.45, 7) is 1.74. The highest BCUT2D eigenvalue weighted by Gasteiger charge is 2.17. The Morgan fingerprint density at radius 1 is 1.44 bits per heavy atom. The van der Waals surface area contributed by atoms with E-state index in [1.54, 1.807) is 18.8 Å². The summed E-state index contributed by atoms with van der Waals surface area (Å²) in [6.07, 6.45) is 4.49. The molecule has 1 aromatic heterocycles. The second-order valence-electron chi connectivity index (χ2n) is 5.81. The number of hydrogen-bond acceptors (Lipinski definition) is 6. The molecule has 142 valence electrons. The van der Waals surface area contributed by atoms with Gasteiger partial charge in [0.2, 0.25) is 10.0 Å². The fourth-order valence-electron chi connectivity index (χ4n) is 2.43. The maximum Gasteiger partial charge on any atom is 0.213 e. The lowest BCUT2D eigenvalue weighted by molar-refractivity contribution is 0.0200. The largest absolute Gasteiger partial charge is 0.377 e. The van der Waals surface area contributed by atoms with Gasteiger partial charge in [0, 0.05) is 33.8 Å². The van der Waals surface area contributed by atoms with Gasteiger partial charge in [-0.15, -0.1) is 0 Å². The summed E-state index contributed by atoms with van der Waals surface area (Å²) in [5.41, 5.74) is 0. The van der Waals surface area contributed by atoms with Crippen LogP contribution in [0.5, 0.6) is 0 Å². The van der Waals surface area contributed by atoms with Crippen LogP contribution in [0.4, 0.5) is 0 Å². The standard InChI is InChI=1S/C14H27N7O3S/c1-15-14(17-10-13-18-11-19-21(13)2)16-6-8-25(22,23)20-9-12-5-3-4-7-24-12/h11-12,20H,3-10H2,1-2H3,(H2,15,16,17). The van der Waals surface area contributed by atoms with Crippen LogP contribution in [0.25, 0.3) is 0 Å². The number of aryl methyl sites for hydroxylation is 1. The van der Waals surface area contributed by atoms with Crippen molar-refractivity contribution >= 4 is 16.0 Å². The predicted molar refractivity (Wildman–Crippen MR) is 94.6 cm³/mol. The van der Waals surface area contributed by atoms with Gasteiger partial charge in [-0.3, -0.25) is 9.67 Å². The number of ether oxygens (including phenoxy) is 1. The number of nitrogens with one attached hydrogen (secondary N) is 3. The average molecular weight is 373 g/mol. The maximum atomic E-state index is 12.0. The molecule has 1 aliphatic rings. The summed E-state index contributed by atoms with van der Waals surface area (Å²) in [6, 6.07) is 0. The van der Waals surface area contributed by atoms with E-state index in [1.165, 1.54) is 6.33 Å². The number of guanidine groups is 1. The van der Waals surface area contributed by atoms with E-state index in [-0.39, 0.29) is 18.4 Å². The van der Waals surface area contributed by atoms with Crippen molar-refractivity contribution in [2.75, 3.05) is 32.5 Å². The van der Waals surface area contributed by atoms with Gasteiger partial charge in [0.05, 0.1) is 18.4 Å². The third kappa shape index (κ3) is 6.96. The zero-order valence-corrected chi connectivity index (χ0v) is 15.5. The molecule has 1 saturated heterocycles. The number of rotatable bonds is 8. The Balaban J connectivity index is 1.67. The molecule has 0 amide bonds. The van der Waals surface area contributed by atoms with E-state index in [0.717, 1.165) is 25.1 Å². The molecule has 0 spiro atoms. The van der Waals surface area contributed by atoms with Gasteiger partial charge >= 0.3 is 0 Å². The molecule has 1 unspecified atom stereocenters. The second kappa shape index (κ2) is 9.68. The molecule has 2 rings (SSSR count). The summed E-state index contributed by atoms with van der Waals surface area (Å²) in [7, 11) is 0.0728. The van der Waals surface area contributed by atoms with Gasteiger partial charge in [-0.25, -0.2) is 18.1 Å². The van der Waals surface area contributed by atoms with Gasteiger partial charge < -0.3 is 15.4 Å². The lowest BCUT2D eigenvalue weighted by Crippen LogP contribution is -2.42. The minimum atomic E-state index is -3.35. The zero-order valence-electron chi connectivity index (χ0n) is 14.7. The van der Waals surface area contributed by atoms with E-state index in [4.69, 9.17) is 4.74 Å². The lowest BCUT2D eigenvalue weighted by atomic mass is 10.1. The van der Waals surface area contributed by atoms with Crippen LogP contribution in [0.1, 0.15) is 25.1 Å². The molecular weight excluding hydrogens is 346 g/mol. The molecule has 0 saturated carbocycles. The molecule has 1 aromatic rings. The molecule has 1 fully saturated rings. The van der Waals surface area contributed by atoms with Crippen LogP contribution in [-0.2, 0) is 28.4 Å². The highest BCUT2D eigenvalue weighted by atomic mass is 32.2. The molecule has 2 heterocycles. The first kappa shape index (κ1) is 19.6. The molecule has 1 atom stereocenters. The summed E-state index contributed by atoms with van der Waals surface area (Å²) < 4.78 is 33.9. The summed E-state index contributed by atoms with van der Waals surface area (Å²) in [5.74, 6) is 1.23. The number of aliphatic imine (C=N–C) groups is 1. The summed E-state index contributed by atoms with van der Waals surface area (Å²) in [5, 5.41) is 10.0. The summed E-state index contributed by atoms with van der Waals surface area (Å²) >= 11 is 0. The predicted octanol–water partition coefficient (Wildman–Crippen LogP) is -1.03. The molecule has 11 heteroatoms. The lowest BCUT2D eigenvalue weighted by Gasteiger charge is -2.22. The molecule has 0 radical (unpaired) electrons. The number of sulfonamides is 1. The topological polar surface area (TPSA) is 123 Å². The van der Waals surface area contributed by atoms with Crippen molar-refractivity contribution in [2.45, 2.75) is 31.9 Å². The first-order chi connectivity index (χ1) is 12.0. The third-order valence-electron chi connectivity index (χ3n) is 3.91. The highest BCUT2D eigenvalue weighted by molar-refractivity contribution is 7.89. The monoisotopic (exact) mass is 373 g/mol. The van der Waals surface area contributed by atoms with E-state index in [2.05, 4.69) is 30.4 Å². The van der Waals surface area contributed by atoms with Crippen LogP contribution in [0.15, 0.2) is 11.3 Å². The summed E-state index contributed by atoms with van der Waals surface area (Å²) in [4.78, 5) is 8.16. The molecule has 0 bridgehead atoms. The number of nitrogens with zero attached hydrogens (tertiary/aromatic N) is 4. The van der Waals surface area contributed by atoms with Gasteiger partial charge in [0.1, 0.15) is 12.2 Å². The average Bonchev–Trinajstić information content (AvgIpc) is 3.02. The molecule has 0 aromatic carbocycles. The first-order valence-corrected chi connectivity index (χ1v) is 10.0. The van der Waals surface area contributed by atoms with Gasteiger partial charge in [-0.2, -0.15) is 5.10 Å². The van der Waals surface area contributed by atoms with Gasteiger partial charge in [-0.05, 0) is 19.3 Å². The van der Waals surface area contributed by atoms with Gasteiger partial charge in [0.15, 0.2) is 5.96 Å². The number of aromatic nitrogens is 3. The highest BCUT2D eigenvalue weighted by Crippen LogP contribution is 2.11. The van der Waals surface area contributed by atoms with E-state index in [0.29, 0.717) is 25.7 Å². The Labute approximate surface area is 148 Å². The van der Waals surface area contributed by atoms with Crippen LogP contribution < -0.4 is 15.4 Å². The van der Waals surface area contributed by atoms with Crippen LogP contribution in [0.2, 0.25) is 0 Å². The fourth-order valence-corrected chi connectivity index (χ4v) is 3.38. The third-order valence-corrected chi connectivity index (χ3v) is 5.26. The van der Waals surface area contributed by atoms with Crippen molar-refractivity contribution in [1.82, 2.24) is 30.1 Å². The maximum absolute atomic E-state index is 12.0. The minimum absolute atomic E-state index is 0.0164. The van der Waals surface area contributed by atoms with Crippen LogP contribution in [0.3, 0.4) is 0 Å². The van der Waals surface area contributed by atoms with Crippen molar-refractivity contribution < 1.29 is 13.2 Å². The van der Waals surface area contributed by atoms with Gasteiger partial charge in [-0.1, -0.05) is 0 Å². The smallest absolute Gasteiger partial charge is 0.213 e. The molecule has 10 nitrogen and oxygen atoms in total. The Morgan fingerprint density at radius 2 is 2.28 bits per heavy atom. The Morgan fingerprint density at radius 3 is 2.92 bits per heavy atom. The Bertz CT molecular complexity index is 653. The van der Waals surface area contributed by atoms with Crippen LogP contribution >= 0.6 is 0 Å². The van der Waals surface area contributed by atoms with Crippen LogP contribution in [-0.4, -0.2) is 67.7 Å². The quantitative estimate of drug-likeness (QED) is 0.393. The van der Waals surface area contributed by atoms with Crippen molar-refractivity contribution in [3.63, 3.8) is 0 Å². The SMILES string of the molecule is CN=C(NCCS(=O)(=O)NCC1CCCCO1)NCc1ncnn1C. The van der Waals surface area contributed by atoms with E-state index < -0.39 is 10.0 Å². The molecular formula is C14H27N7O3S. The zero-order chi connectivity index (χ0) is 18.1. The Hall–Kier alpha value is -1.72. The molecule has 25 heavy (non-hydrogen) atoms. The van der Waals surface area contributed by atoms with Gasteiger partial charge in [0.25, 0.3) is 0 Å². The number of hydrogen-bond donors (Lipinski definition) is 3. The molecule has 3 N–H and O–H groups in total. The van der Waals surface area contributed by atoms with E-state index in [1.807, 2.05) is 0 Å². The molecule has 0 aliphatic carbocycles.